The largest absolute Gasteiger partial charge is 0.396 e. The fourth-order valence-electron chi connectivity index (χ4n) is 3.84. The molecule has 1 saturated heterocycles. The Morgan fingerprint density at radius 1 is 1.32 bits per heavy atom. The lowest BCUT2D eigenvalue weighted by Gasteiger charge is -2.24. The summed E-state index contributed by atoms with van der Waals surface area (Å²) in [7, 11) is -1.51. The maximum Gasteiger partial charge on any atom is 0.163 e. The van der Waals surface area contributed by atoms with E-state index in [9.17, 15) is 5.11 Å². The average molecular weight is 421 g/mol. The Morgan fingerprint density at radius 3 is 2.61 bits per heavy atom. The number of aliphatic hydroxyl groups excluding tert-OH is 1. The summed E-state index contributed by atoms with van der Waals surface area (Å²) >= 11 is 1.63. The van der Waals surface area contributed by atoms with Gasteiger partial charge >= 0.3 is 0 Å². The van der Waals surface area contributed by atoms with Crippen LogP contribution >= 0.6 is 11.8 Å². The third-order valence-corrected chi connectivity index (χ3v) is 6.61. The number of pyridine rings is 1. The highest BCUT2D eigenvalue weighted by Crippen LogP contribution is 2.42. The van der Waals surface area contributed by atoms with Gasteiger partial charge in [0.05, 0.1) is 22.7 Å². The van der Waals surface area contributed by atoms with E-state index in [1.54, 1.807) is 11.8 Å². The lowest BCUT2D eigenvalue weighted by atomic mass is 10.1. The second-order valence-electron chi connectivity index (χ2n) is 9.20. The van der Waals surface area contributed by atoms with Crippen molar-refractivity contribution in [1.29, 1.82) is 0 Å². The van der Waals surface area contributed by atoms with E-state index in [4.69, 9.17) is 14.5 Å². The highest BCUT2D eigenvalue weighted by Gasteiger charge is 2.53. The van der Waals surface area contributed by atoms with Gasteiger partial charge in [0.2, 0.25) is 0 Å². The van der Waals surface area contributed by atoms with Crippen molar-refractivity contribution in [3.05, 3.63) is 17.2 Å². The van der Waals surface area contributed by atoms with E-state index in [0.29, 0.717) is 0 Å². The molecule has 28 heavy (non-hydrogen) atoms. The van der Waals surface area contributed by atoms with E-state index in [2.05, 4.69) is 49.4 Å². The predicted molar refractivity (Wildman–Crippen MR) is 117 cm³/mol. The van der Waals surface area contributed by atoms with E-state index in [-0.39, 0.29) is 30.8 Å². The molecule has 1 saturated carbocycles. The normalized spacial score (nSPS) is 28.6. The lowest BCUT2D eigenvalue weighted by Crippen LogP contribution is -2.35. The highest BCUT2D eigenvalue weighted by molar-refractivity contribution is 7.98. The molecule has 1 aliphatic heterocycles. The van der Waals surface area contributed by atoms with Gasteiger partial charge in [-0.2, -0.15) is 0 Å². The smallest absolute Gasteiger partial charge is 0.163 e. The van der Waals surface area contributed by atoms with Gasteiger partial charge in [-0.1, -0.05) is 25.6 Å². The van der Waals surface area contributed by atoms with Crippen LogP contribution in [0.1, 0.15) is 31.4 Å². The summed E-state index contributed by atoms with van der Waals surface area (Å²) in [6.45, 7) is 12.8. The molecule has 0 spiro atoms. The SMILES string of the molecule is CSc1cc(C)c(C#C[Si](C)(C)C)c(NC2CC(CO)[C@H]3OC(C)(C)O[C@@H]23)n1. The Balaban J connectivity index is 1.94. The molecule has 3 rings (SSSR count). The summed E-state index contributed by atoms with van der Waals surface area (Å²) in [5, 5.41) is 14.4. The Kier molecular flexibility index (Phi) is 6.19. The first-order chi connectivity index (χ1) is 13.0. The molecule has 2 N–H and O–H groups in total. The van der Waals surface area contributed by atoms with Gasteiger partial charge in [0, 0.05) is 12.5 Å². The van der Waals surface area contributed by atoms with Crippen LogP contribution < -0.4 is 5.32 Å². The fourth-order valence-corrected chi connectivity index (χ4v) is 4.82. The van der Waals surface area contributed by atoms with Crippen LogP contribution in [0, 0.1) is 24.3 Å². The monoisotopic (exact) mass is 420 g/mol. The maximum absolute atomic E-state index is 9.82. The van der Waals surface area contributed by atoms with Gasteiger partial charge in [-0.3, -0.25) is 0 Å². The molecule has 0 aromatic carbocycles. The second kappa shape index (κ2) is 8.00. The highest BCUT2D eigenvalue weighted by atomic mass is 32.2. The molecule has 154 valence electrons. The summed E-state index contributed by atoms with van der Waals surface area (Å²) in [6.07, 6.45) is 2.61. The predicted octanol–water partition coefficient (Wildman–Crippen LogP) is 3.65. The number of nitrogens with zero attached hydrogens (tertiary/aromatic N) is 1. The number of anilines is 1. The van der Waals surface area contributed by atoms with Gasteiger partial charge in [0.15, 0.2) is 5.79 Å². The molecule has 0 amide bonds. The van der Waals surface area contributed by atoms with Crippen LogP contribution in [-0.2, 0) is 9.47 Å². The molecule has 2 heterocycles. The van der Waals surface area contributed by atoms with Crippen molar-refractivity contribution in [2.24, 2.45) is 5.92 Å². The molecule has 7 heteroatoms. The van der Waals surface area contributed by atoms with Gasteiger partial charge in [0.1, 0.15) is 20.0 Å². The molecular weight excluding hydrogens is 388 g/mol. The molecule has 1 aromatic rings. The van der Waals surface area contributed by atoms with E-state index >= 15 is 0 Å². The van der Waals surface area contributed by atoms with Gasteiger partial charge in [-0.15, -0.1) is 17.3 Å². The number of hydrogen-bond acceptors (Lipinski definition) is 6. The summed E-state index contributed by atoms with van der Waals surface area (Å²) in [4.78, 5) is 4.82. The minimum absolute atomic E-state index is 0.0281. The van der Waals surface area contributed by atoms with Crippen molar-refractivity contribution in [3.8, 4) is 11.5 Å². The van der Waals surface area contributed by atoms with E-state index in [0.717, 1.165) is 28.4 Å². The Bertz CT molecular complexity index is 797. The number of hydrogen-bond donors (Lipinski definition) is 2. The number of aromatic nitrogens is 1. The van der Waals surface area contributed by atoms with Crippen molar-refractivity contribution < 1.29 is 14.6 Å². The first kappa shape index (κ1) is 21.7. The maximum atomic E-state index is 9.82. The van der Waals surface area contributed by atoms with E-state index in [1.807, 2.05) is 20.1 Å². The zero-order valence-corrected chi connectivity index (χ0v) is 19.7. The molecule has 2 fully saturated rings. The van der Waals surface area contributed by atoms with Crippen molar-refractivity contribution in [2.75, 3.05) is 18.2 Å². The number of aryl methyl sites for hydroxylation is 1. The summed E-state index contributed by atoms with van der Waals surface area (Å²) in [5.74, 6) is 3.64. The van der Waals surface area contributed by atoms with Crippen LogP contribution in [0.15, 0.2) is 11.1 Å². The third-order valence-electron chi connectivity index (χ3n) is 5.10. The van der Waals surface area contributed by atoms with Crippen LogP contribution in [0.3, 0.4) is 0 Å². The summed E-state index contributed by atoms with van der Waals surface area (Å²) in [5.41, 5.74) is 5.56. The van der Waals surface area contributed by atoms with Gasteiger partial charge in [0.25, 0.3) is 0 Å². The number of rotatable bonds is 4. The minimum atomic E-state index is -1.51. The Morgan fingerprint density at radius 2 is 2.00 bits per heavy atom. The molecule has 2 aliphatic rings. The average Bonchev–Trinajstić information content (AvgIpc) is 3.06. The summed E-state index contributed by atoms with van der Waals surface area (Å²) in [6, 6.07) is 2.12. The van der Waals surface area contributed by atoms with E-state index < -0.39 is 13.9 Å². The van der Waals surface area contributed by atoms with Gasteiger partial charge in [-0.05, 0) is 45.1 Å². The van der Waals surface area contributed by atoms with Crippen LogP contribution in [0.4, 0.5) is 5.82 Å². The van der Waals surface area contributed by atoms with Crippen LogP contribution in [-0.4, -0.2) is 55.1 Å². The summed E-state index contributed by atoms with van der Waals surface area (Å²) < 4.78 is 12.2. The zero-order valence-electron chi connectivity index (χ0n) is 17.9. The number of aliphatic hydroxyl groups is 1. The van der Waals surface area contributed by atoms with E-state index in [1.165, 1.54) is 0 Å². The topological polar surface area (TPSA) is 63.6 Å². The molecule has 0 bridgehead atoms. The Hall–Kier alpha value is -1.04. The number of thioether (sulfide) groups is 1. The van der Waals surface area contributed by atoms with Crippen LogP contribution in [0.2, 0.25) is 19.6 Å². The molecule has 2 unspecified atom stereocenters. The van der Waals surface area contributed by atoms with Gasteiger partial charge in [-0.25, -0.2) is 4.98 Å². The van der Waals surface area contributed by atoms with Crippen molar-refractivity contribution >= 4 is 25.7 Å². The van der Waals surface area contributed by atoms with Crippen molar-refractivity contribution in [2.45, 2.75) is 75.9 Å². The molecule has 4 atom stereocenters. The molecule has 1 aromatic heterocycles. The molecule has 5 nitrogen and oxygen atoms in total. The first-order valence-corrected chi connectivity index (χ1v) is 14.6. The van der Waals surface area contributed by atoms with Crippen LogP contribution in [0.25, 0.3) is 0 Å². The molecule has 0 radical (unpaired) electrons. The molecular formula is C21H32N2O3SSi. The van der Waals surface area contributed by atoms with Gasteiger partial charge < -0.3 is 19.9 Å². The number of nitrogens with one attached hydrogen (secondary N) is 1. The molecule has 1 aliphatic carbocycles. The fraction of sp³-hybridized carbons (Fsp3) is 0.667. The first-order valence-electron chi connectivity index (χ1n) is 9.85. The van der Waals surface area contributed by atoms with Crippen molar-refractivity contribution in [1.82, 2.24) is 4.98 Å². The zero-order chi connectivity index (χ0) is 20.7. The standard InChI is InChI=1S/C21H32N2O3SSi/c1-13-10-17(27-4)23-20(15(13)8-9-28(5,6)7)22-16-11-14(12-24)18-19(16)26-21(2,3)25-18/h10,14,16,18-19,24H,11-12H2,1-7H3,(H,22,23)/t14?,16?,18-,19+/m1/s1. The number of fused-ring (bicyclic) bond motifs is 1. The van der Waals surface area contributed by atoms with Crippen LogP contribution in [0.5, 0.6) is 0 Å². The third kappa shape index (κ3) is 4.74. The Labute approximate surface area is 174 Å². The van der Waals surface area contributed by atoms with Crippen molar-refractivity contribution in [3.63, 3.8) is 0 Å². The minimum Gasteiger partial charge on any atom is -0.396 e. The lowest BCUT2D eigenvalue weighted by molar-refractivity contribution is -0.158. The quantitative estimate of drug-likeness (QED) is 0.440. The second-order valence-corrected chi connectivity index (χ2v) is 14.8. The number of ether oxygens (including phenoxy) is 2.